The minimum atomic E-state index is -0.917. The van der Waals surface area contributed by atoms with E-state index in [0.717, 1.165) is 0 Å². The average molecular weight is 484 g/mol. The maximum Gasteiger partial charge on any atom is 0.407 e. The third kappa shape index (κ3) is 5.37. The number of hydrogen-bond donors (Lipinski definition) is 2. The molecular formula is C25H29N3O5S. The third-order valence-electron chi connectivity index (χ3n) is 6.37. The summed E-state index contributed by atoms with van der Waals surface area (Å²) in [6, 6.07) is 15.7. The normalized spacial score (nSPS) is 17.7. The fourth-order valence-electron chi connectivity index (χ4n) is 4.49. The molecule has 34 heavy (non-hydrogen) atoms. The van der Waals surface area contributed by atoms with Crippen molar-refractivity contribution in [2.45, 2.75) is 12.0 Å². The zero-order valence-corrected chi connectivity index (χ0v) is 19.9. The fourth-order valence-corrected chi connectivity index (χ4v) is 5.24. The quantitative estimate of drug-likeness (QED) is 0.557. The zero-order chi connectivity index (χ0) is 24.1. The number of thioether (sulfide) groups is 1. The van der Waals surface area contributed by atoms with Gasteiger partial charge in [-0.25, -0.2) is 4.79 Å². The second-order valence-electron chi connectivity index (χ2n) is 8.48. The van der Waals surface area contributed by atoms with Crippen LogP contribution in [0.4, 0.5) is 4.79 Å². The van der Waals surface area contributed by atoms with Crippen LogP contribution >= 0.6 is 11.8 Å². The van der Waals surface area contributed by atoms with Gasteiger partial charge in [0.15, 0.2) is 0 Å². The molecule has 0 aromatic heterocycles. The maximum absolute atomic E-state index is 12.4. The van der Waals surface area contributed by atoms with Crippen LogP contribution in [0.5, 0.6) is 0 Å². The summed E-state index contributed by atoms with van der Waals surface area (Å²) < 4.78 is 5.51. The SMILES string of the molecule is CN1CCN(C(=O)CSCCNC(=O)OCC2c3ccccc3-c3ccccc32)CC1C(=O)O. The minimum Gasteiger partial charge on any atom is -0.480 e. The lowest BCUT2D eigenvalue weighted by Crippen LogP contribution is -2.56. The van der Waals surface area contributed by atoms with Crippen molar-refractivity contribution in [3.05, 3.63) is 59.7 Å². The molecule has 1 aliphatic carbocycles. The summed E-state index contributed by atoms with van der Waals surface area (Å²) in [6.07, 6.45) is -0.475. The molecule has 0 radical (unpaired) electrons. The van der Waals surface area contributed by atoms with Crippen molar-refractivity contribution < 1.29 is 24.2 Å². The van der Waals surface area contributed by atoms with Crippen molar-refractivity contribution in [2.24, 2.45) is 0 Å². The van der Waals surface area contributed by atoms with Crippen LogP contribution in [0.2, 0.25) is 0 Å². The van der Waals surface area contributed by atoms with Crippen LogP contribution in [-0.4, -0.2) is 90.3 Å². The number of nitrogens with zero attached hydrogens (tertiary/aromatic N) is 2. The van der Waals surface area contributed by atoms with Gasteiger partial charge in [-0.2, -0.15) is 11.8 Å². The number of piperazine rings is 1. The lowest BCUT2D eigenvalue weighted by molar-refractivity contribution is -0.147. The van der Waals surface area contributed by atoms with Crippen molar-refractivity contribution >= 4 is 29.7 Å². The molecule has 180 valence electrons. The monoisotopic (exact) mass is 483 g/mol. The number of fused-ring (bicyclic) bond motifs is 3. The molecule has 2 aromatic carbocycles. The van der Waals surface area contributed by atoms with E-state index in [9.17, 15) is 19.5 Å². The summed E-state index contributed by atoms with van der Waals surface area (Å²) >= 11 is 1.41. The van der Waals surface area contributed by atoms with E-state index in [0.29, 0.717) is 25.4 Å². The van der Waals surface area contributed by atoms with Crippen LogP contribution in [0, 0.1) is 0 Å². The van der Waals surface area contributed by atoms with E-state index in [-0.39, 0.29) is 30.7 Å². The number of carbonyl (C=O) groups is 3. The van der Waals surface area contributed by atoms with E-state index >= 15 is 0 Å². The average Bonchev–Trinajstić information content (AvgIpc) is 3.16. The standard InChI is InChI=1S/C25H29N3O5S/c1-27-11-12-28(14-22(27)24(30)31)23(29)16-34-13-10-26-25(32)33-15-21-19-8-4-2-6-17(19)18-7-3-5-9-20(18)21/h2-9,21-22H,10-16H2,1H3,(H,26,32)(H,30,31). The van der Waals surface area contributed by atoms with E-state index < -0.39 is 18.1 Å². The number of alkyl carbamates (subject to hydrolysis) is 1. The fraction of sp³-hybridized carbons (Fsp3) is 0.400. The predicted molar refractivity (Wildman–Crippen MR) is 131 cm³/mol. The molecule has 1 heterocycles. The first-order chi connectivity index (χ1) is 16.5. The smallest absolute Gasteiger partial charge is 0.407 e. The number of carboxylic acids is 1. The number of carbonyl (C=O) groups excluding carboxylic acids is 2. The predicted octanol–water partition coefficient (Wildman–Crippen LogP) is 2.49. The topological polar surface area (TPSA) is 99.2 Å². The van der Waals surface area contributed by atoms with Crippen LogP contribution in [0.3, 0.4) is 0 Å². The summed E-state index contributed by atoms with van der Waals surface area (Å²) in [6.45, 7) is 1.91. The Balaban J connectivity index is 1.17. The lowest BCUT2D eigenvalue weighted by Gasteiger charge is -2.37. The van der Waals surface area contributed by atoms with Gasteiger partial charge in [-0.15, -0.1) is 0 Å². The van der Waals surface area contributed by atoms with E-state index in [2.05, 4.69) is 29.6 Å². The van der Waals surface area contributed by atoms with E-state index in [1.54, 1.807) is 16.8 Å². The molecule has 2 N–H and O–H groups in total. The molecular weight excluding hydrogens is 454 g/mol. The van der Waals surface area contributed by atoms with Crippen molar-refractivity contribution in [1.82, 2.24) is 15.1 Å². The molecule has 1 aliphatic heterocycles. The molecule has 2 aliphatic rings. The minimum absolute atomic E-state index is 0.0170. The molecule has 9 heteroatoms. The Labute approximate surface area is 203 Å². The Morgan fingerprint density at radius 1 is 1.06 bits per heavy atom. The molecule has 8 nitrogen and oxygen atoms in total. The molecule has 0 saturated carbocycles. The second-order valence-corrected chi connectivity index (χ2v) is 9.58. The van der Waals surface area contributed by atoms with Gasteiger partial charge in [0.1, 0.15) is 12.6 Å². The number of aliphatic carboxylic acids is 1. The van der Waals surface area contributed by atoms with E-state index in [1.807, 2.05) is 24.3 Å². The molecule has 2 aromatic rings. The number of rotatable bonds is 8. The van der Waals surface area contributed by atoms with Gasteiger partial charge in [0, 0.05) is 37.8 Å². The molecule has 0 spiro atoms. The number of hydrogen-bond acceptors (Lipinski definition) is 6. The highest BCUT2D eigenvalue weighted by molar-refractivity contribution is 7.99. The number of benzene rings is 2. The number of ether oxygens (including phenoxy) is 1. The van der Waals surface area contributed by atoms with Crippen LogP contribution < -0.4 is 5.32 Å². The van der Waals surface area contributed by atoms with Crippen molar-refractivity contribution in [1.29, 1.82) is 0 Å². The van der Waals surface area contributed by atoms with Gasteiger partial charge in [-0.3, -0.25) is 14.5 Å². The van der Waals surface area contributed by atoms with E-state index in [4.69, 9.17) is 4.74 Å². The first-order valence-electron chi connectivity index (χ1n) is 11.3. The van der Waals surface area contributed by atoms with Crippen LogP contribution in [-0.2, 0) is 14.3 Å². The molecule has 1 saturated heterocycles. The first kappa shape index (κ1) is 24.1. The number of nitrogens with one attached hydrogen (secondary N) is 1. The summed E-state index contributed by atoms with van der Waals surface area (Å²) in [5.74, 6) is -0.164. The Bertz CT molecular complexity index is 1020. The second kappa shape index (κ2) is 10.9. The van der Waals surface area contributed by atoms with Gasteiger partial charge in [-0.05, 0) is 29.3 Å². The molecule has 2 amide bonds. The summed E-state index contributed by atoms with van der Waals surface area (Å²) in [5, 5.41) is 12.0. The summed E-state index contributed by atoms with van der Waals surface area (Å²) in [7, 11) is 1.75. The third-order valence-corrected chi connectivity index (χ3v) is 7.31. The van der Waals surface area contributed by atoms with Gasteiger partial charge < -0.3 is 20.1 Å². The van der Waals surface area contributed by atoms with Gasteiger partial charge in [0.25, 0.3) is 0 Å². The summed E-state index contributed by atoms with van der Waals surface area (Å²) in [4.78, 5) is 39.3. The van der Waals surface area contributed by atoms with Crippen molar-refractivity contribution in [3.63, 3.8) is 0 Å². The van der Waals surface area contributed by atoms with Gasteiger partial charge in [0.2, 0.25) is 5.91 Å². The number of likely N-dealkylation sites (N-methyl/N-ethyl adjacent to an activating group) is 1. The Morgan fingerprint density at radius 2 is 1.71 bits per heavy atom. The maximum atomic E-state index is 12.4. The van der Waals surface area contributed by atoms with Gasteiger partial charge in [-0.1, -0.05) is 48.5 Å². The highest BCUT2D eigenvalue weighted by Gasteiger charge is 2.32. The molecule has 1 unspecified atom stereocenters. The molecule has 4 rings (SSSR count). The highest BCUT2D eigenvalue weighted by atomic mass is 32.2. The number of carboxylic acid groups (broad SMARTS) is 1. The summed E-state index contributed by atoms with van der Waals surface area (Å²) in [5.41, 5.74) is 4.70. The molecule has 0 bridgehead atoms. The van der Waals surface area contributed by atoms with Gasteiger partial charge >= 0.3 is 12.1 Å². The zero-order valence-electron chi connectivity index (χ0n) is 19.1. The Morgan fingerprint density at radius 3 is 2.35 bits per heavy atom. The molecule has 1 fully saturated rings. The lowest BCUT2D eigenvalue weighted by atomic mass is 9.98. The van der Waals surface area contributed by atoms with Crippen LogP contribution in [0.1, 0.15) is 17.0 Å². The van der Waals surface area contributed by atoms with E-state index in [1.165, 1.54) is 34.0 Å². The first-order valence-corrected chi connectivity index (χ1v) is 12.5. The van der Waals surface area contributed by atoms with Crippen molar-refractivity contribution in [3.8, 4) is 11.1 Å². The highest BCUT2D eigenvalue weighted by Crippen LogP contribution is 2.44. The largest absolute Gasteiger partial charge is 0.480 e. The Hall–Kier alpha value is -3.04. The van der Waals surface area contributed by atoms with Crippen LogP contribution in [0.15, 0.2) is 48.5 Å². The molecule has 1 atom stereocenters. The Kier molecular flexibility index (Phi) is 7.74. The number of amides is 2. The van der Waals surface area contributed by atoms with Gasteiger partial charge in [0.05, 0.1) is 5.75 Å². The van der Waals surface area contributed by atoms with Crippen molar-refractivity contribution in [2.75, 3.05) is 51.3 Å². The van der Waals surface area contributed by atoms with Crippen LogP contribution in [0.25, 0.3) is 11.1 Å².